The maximum Gasteiger partial charge on any atom is 0.233 e. The Balaban J connectivity index is 2.10. The lowest BCUT2D eigenvalue weighted by atomic mass is 9.79. The van der Waals surface area contributed by atoms with E-state index >= 15 is 0 Å². The molecular formula is C13H19N3O2. The maximum atomic E-state index is 12.3. The lowest BCUT2D eigenvalue weighted by molar-refractivity contribution is -0.130. The van der Waals surface area contributed by atoms with Gasteiger partial charge in [0, 0.05) is 26.0 Å². The molecule has 1 aromatic rings. The van der Waals surface area contributed by atoms with Crippen LogP contribution in [0.3, 0.4) is 0 Å². The number of nitrogens with one attached hydrogen (secondary N) is 1. The minimum absolute atomic E-state index is 0.0496. The first-order valence-corrected chi connectivity index (χ1v) is 6.18. The molecule has 98 valence electrons. The van der Waals surface area contributed by atoms with E-state index in [0.717, 1.165) is 5.56 Å². The molecule has 2 rings (SSSR count). The third-order valence-electron chi connectivity index (χ3n) is 3.48. The Morgan fingerprint density at radius 2 is 2.28 bits per heavy atom. The quantitative estimate of drug-likeness (QED) is 0.840. The number of carbonyl (C=O) groups excluding carboxylic acids is 1. The van der Waals surface area contributed by atoms with Crippen molar-refractivity contribution in [2.75, 3.05) is 25.1 Å². The van der Waals surface area contributed by atoms with Gasteiger partial charge in [-0.25, -0.2) is 4.98 Å². The second kappa shape index (κ2) is 5.46. The Hall–Kier alpha value is -1.46. The summed E-state index contributed by atoms with van der Waals surface area (Å²) in [5.74, 6) is 0.533. The highest BCUT2D eigenvalue weighted by atomic mass is 16.5. The first-order valence-electron chi connectivity index (χ1n) is 6.18. The number of hydrogen-bond acceptors (Lipinski definition) is 4. The number of amides is 1. The molecule has 1 saturated heterocycles. The lowest BCUT2D eigenvalue weighted by Crippen LogP contribution is -2.46. The lowest BCUT2D eigenvalue weighted by Gasteiger charge is -2.34. The molecule has 1 aromatic heterocycles. The second-order valence-electron chi connectivity index (χ2n) is 4.77. The van der Waals surface area contributed by atoms with E-state index in [9.17, 15) is 4.79 Å². The molecule has 0 aliphatic carbocycles. The van der Waals surface area contributed by atoms with Crippen LogP contribution >= 0.6 is 0 Å². The van der Waals surface area contributed by atoms with Crippen LogP contribution in [0.1, 0.15) is 18.4 Å². The van der Waals surface area contributed by atoms with Crippen molar-refractivity contribution in [3.05, 3.63) is 23.9 Å². The molecule has 1 aliphatic heterocycles. The van der Waals surface area contributed by atoms with Crippen molar-refractivity contribution < 1.29 is 9.53 Å². The third-order valence-corrected chi connectivity index (χ3v) is 3.48. The number of rotatable bonds is 3. The van der Waals surface area contributed by atoms with Crippen LogP contribution in [0.15, 0.2) is 18.3 Å². The number of hydrogen-bond donors (Lipinski definition) is 2. The van der Waals surface area contributed by atoms with Gasteiger partial charge in [0.25, 0.3) is 0 Å². The largest absolute Gasteiger partial charge is 0.381 e. The zero-order valence-corrected chi connectivity index (χ0v) is 10.6. The van der Waals surface area contributed by atoms with Crippen LogP contribution in [0.2, 0.25) is 0 Å². The molecule has 18 heavy (non-hydrogen) atoms. The van der Waals surface area contributed by atoms with Crippen LogP contribution in [0.4, 0.5) is 5.82 Å². The summed E-state index contributed by atoms with van der Waals surface area (Å²) in [6.45, 7) is 3.48. The predicted molar refractivity (Wildman–Crippen MR) is 69.1 cm³/mol. The van der Waals surface area contributed by atoms with E-state index in [1.807, 2.05) is 19.1 Å². The van der Waals surface area contributed by atoms with Crippen molar-refractivity contribution >= 4 is 11.7 Å². The van der Waals surface area contributed by atoms with Crippen molar-refractivity contribution in [1.82, 2.24) is 4.98 Å². The molecule has 0 spiro atoms. The van der Waals surface area contributed by atoms with Gasteiger partial charge in [0.2, 0.25) is 5.91 Å². The smallest absolute Gasteiger partial charge is 0.233 e. The Labute approximate surface area is 107 Å². The highest BCUT2D eigenvalue weighted by Gasteiger charge is 2.38. The van der Waals surface area contributed by atoms with E-state index < -0.39 is 5.41 Å². The minimum atomic E-state index is -0.510. The summed E-state index contributed by atoms with van der Waals surface area (Å²) in [6.07, 6.45) is 3.02. The predicted octanol–water partition coefficient (Wildman–Crippen LogP) is 1.08. The van der Waals surface area contributed by atoms with Gasteiger partial charge in [-0.1, -0.05) is 0 Å². The summed E-state index contributed by atoms with van der Waals surface area (Å²) in [5, 5.41) is 2.86. The Morgan fingerprint density at radius 1 is 1.56 bits per heavy atom. The summed E-state index contributed by atoms with van der Waals surface area (Å²) in [4.78, 5) is 16.5. The zero-order valence-electron chi connectivity index (χ0n) is 10.6. The van der Waals surface area contributed by atoms with Gasteiger partial charge in [-0.15, -0.1) is 0 Å². The van der Waals surface area contributed by atoms with Gasteiger partial charge in [0.15, 0.2) is 0 Å². The number of nitrogens with zero attached hydrogens (tertiary/aromatic N) is 1. The summed E-state index contributed by atoms with van der Waals surface area (Å²) in [6, 6.07) is 3.74. The number of anilines is 1. The fraction of sp³-hybridized carbons (Fsp3) is 0.538. The third kappa shape index (κ3) is 2.68. The SMILES string of the molecule is Cc1ccnc(NC(=O)C2(CN)CCOCC2)c1. The van der Waals surface area contributed by atoms with Crippen molar-refractivity contribution in [1.29, 1.82) is 0 Å². The Morgan fingerprint density at radius 3 is 2.89 bits per heavy atom. The number of pyridine rings is 1. The fourth-order valence-electron chi connectivity index (χ4n) is 2.14. The Bertz CT molecular complexity index is 428. The average molecular weight is 249 g/mol. The Kier molecular flexibility index (Phi) is 3.93. The standard InChI is InChI=1S/C13H19N3O2/c1-10-2-5-15-11(8-10)16-12(17)13(9-14)3-6-18-7-4-13/h2,5,8H,3-4,6-7,9,14H2,1H3,(H,15,16,17). The van der Waals surface area contributed by atoms with E-state index in [1.165, 1.54) is 0 Å². The van der Waals surface area contributed by atoms with E-state index in [-0.39, 0.29) is 5.91 Å². The molecule has 0 unspecified atom stereocenters. The maximum absolute atomic E-state index is 12.3. The van der Waals surface area contributed by atoms with Crippen molar-refractivity contribution in [2.24, 2.45) is 11.1 Å². The van der Waals surface area contributed by atoms with E-state index in [4.69, 9.17) is 10.5 Å². The van der Waals surface area contributed by atoms with Crippen LogP contribution in [0.25, 0.3) is 0 Å². The first kappa shape index (κ1) is 13.0. The van der Waals surface area contributed by atoms with Gasteiger partial charge >= 0.3 is 0 Å². The number of aryl methyl sites for hydroxylation is 1. The van der Waals surface area contributed by atoms with Crippen molar-refractivity contribution in [3.8, 4) is 0 Å². The van der Waals surface area contributed by atoms with Gasteiger partial charge < -0.3 is 15.8 Å². The van der Waals surface area contributed by atoms with E-state index in [0.29, 0.717) is 38.4 Å². The van der Waals surface area contributed by atoms with Crippen LogP contribution in [-0.2, 0) is 9.53 Å². The molecule has 0 aromatic carbocycles. The summed E-state index contributed by atoms with van der Waals surface area (Å²) in [5.41, 5.74) is 6.34. The number of aromatic nitrogens is 1. The highest BCUT2D eigenvalue weighted by Crippen LogP contribution is 2.30. The summed E-state index contributed by atoms with van der Waals surface area (Å²) in [7, 11) is 0. The van der Waals surface area contributed by atoms with Crippen LogP contribution < -0.4 is 11.1 Å². The second-order valence-corrected chi connectivity index (χ2v) is 4.77. The molecule has 5 heteroatoms. The van der Waals surface area contributed by atoms with Gasteiger partial charge in [0.05, 0.1) is 5.41 Å². The molecule has 0 saturated carbocycles. The molecule has 0 atom stereocenters. The zero-order chi connectivity index (χ0) is 13.0. The number of nitrogens with two attached hydrogens (primary N) is 1. The molecular weight excluding hydrogens is 230 g/mol. The topological polar surface area (TPSA) is 77.2 Å². The molecule has 3 N–H and O–H groups in total. The number of carbonyl (C=O) groups is 1. The number of ether oxygens (including phenoxy) is 1. The van der Waals surface area contributed by atoms with Gasteiger partial charge in [-0.3, -0.25) is 4.79 Å². The minimum Gasteiger partial charge on any atom is -0.381 e. The van der Waals surface area contributed by atoms with Crippen LogP contribution in [0, 0.1) is 12.3 Å². The monoisotopic (exact) mass is 249 g/mol. The van der Waals surface area contributed by atoms with Crippen molar-refractivity contribution in [3.63, 3.8) is 0 Å². The van der Waals surface area contributed by atoms with Crippen LogP contribution in [0.5, 0.6) is 0 Å². The normalized spacial score (nSPS) is 18.3. The highest BCUT2D eigenvalue weighted by molar-refractivity contribution is 5.94. The average Bonchev–Trinajstić information content (AvgIpc) is 2.39. The van der Waals surface area contributed by atoms with Crippen LogP contribution in [-0.4, -0.2) is 30.6 Å². The molecule has 1 fully saturated rings. The first-order chi connectivity index (χ1) is 8.66. The fourth-order valence-corrected chi connectivity index (χ4v) is 2.14. The summed E-state index contributed by atoms with van der Waals surface area (Å²) < 4.78 is 5.29. The molecule has 2 heterocycles. The van der Waals surface area contributed by atoms with Gasteiger partial charge in [-0.2, -0.15) is 0 Å². The van der Waals surface area contributed by atoms with Gasteiger partial charge in [0.1, 0.15) is 5.82 Å². The molecule has 5 nitrogen and oxygen atoms in total. The van der Waals surface area contributed by atoms with Gasteiger partial charge in [-0.05, 0) is 37.5 Å². The van der Waals surface area contributed by atoms with Crippen molar-refractivity contribution in [2.45, 2.75) is 19.8 Å². The molecule has 1 amide bonds. The van der Waals surface area contributed by atoms with E-state index in [2.05, 4.69) is 10.3 Å². The van der Waals surface area contributed by atoms with E-state index in [1.54, 1.807) is 6.20 Å². The molecule has 0 radical (unpaired) electrons. The molecule has 1 aliphatic rings. The summed E-state index contributed by atoms with van der Waals surface area (Å²) >= 11 is 0. The molecule has 0 bridgehead atoms.